The fourth-order valence-electron chi connectivity index (χ4n) is 6.49. The summed E-state index contributed by atoms with van der Waals surface area (Å²) in [6, 6.07) is 51.3. The highest BCUT2D eigenvalue weighted by Gasteiger charge is 2.21. The molecule has 1 aliphatic heterocycles. The predicted octanol–water partition coefficient (Wildman–Crippen LogP) is 11.5. The monoisotopic (exact) mass is 536 g/mol. The quantitative estimate of drug-likeness (QED) is 0.224. The van der Waals surface area contributed by atoms with E-state index in [4.69, 9.17) is 9.15 Å². The minimum Gasteiger partial charge on any atom is -0.456 e. The molecule has 2 heterocycles. The van der Waals surface area contributed by atoms with E-state index in [9.17, 15) is 0 Å². The van der Waals surface area contributed by atoms with E-state index >= 15 is 0 Å². The van der Waals surface area contributed by atoms with Gasteiger partial charge in [0, 0.05) is 32.8 Å². The molecular formula is C40H24O2. The molecule has 0 N–H and O–H groups in total. The zero-order chi connectivity index (χ0) is 27.6. The molecule has 2 heteroatoms. The lowest BCUT2D eigenvalue weighted by Crippen LogP contribution is -1.97. The van der Waals surface area contributed by atoms with Crippen LogP contribution in [0, 0.1) is 0 Å². The van der Waals surface area contributed by atoms with Gasteiger partial charge in [-0.15, -0.1) is 0 Å². The Morgan fingerprint density at radius 3 is 1.71 bits per heavy atom. The molecule has 0 aliphatic carbocycles. The molecule has 0 saturated heterocycles. The van der Waals surface area contributed by atoms with Crippen molar-refractivity contribution >= 4 is 32.7 Å². The van der Waals surface area contributed by atoms with Crippen molar-refractivity contribution in [2.75, 3.05) is 0 Å². The third-order valence-corrected chi connectivity index (χ3v) is 8.47. The summed E-state index contributed by atoms with van der Waals surface area (Å²) in [5, 5.41) is 4.62. The molecule has 8 aromatic rings. The Kier molecular flexibility index (Phi) is 4.93. The van der Waals surface area contributed by atoms with Crippen LogP contribution in [0.2, 0.25) is 0 Å². The van der Waals surface area contributed by atoms with Crippen molar-refractivity contribution in [2.45, 2.75) is 0 Å². The van der Waals surface area contributed by atoms with E-state index in [-0.39, 0.29) is 0 Å². The summed E-state index contributed by atoms with van der Waals surface area (Å²) in [5.41, 5.74) is 11.0. The van der Waals surface area contributed by atoms with Gasteiger partial charge in [-0.1, -0.05) is 121 Å². The topological polar surface area (TPSA) is 22.4 Å². The lowest BCUT2D eigenvalue weighted by Gasteiger charge is -2.22. The molecule has 0 atom stereocenters. The van der Waals surface area contributed by atoms with Crippen LogP contribution >= 0.6 is 0 Å². The van der Waals surface area contributed by atoms with Crippen LogP contribution < -0.4 is 4.74 Å². The van der Waals surface area contributed by atoms with E-state index in [0.717, 1.165) is 61.3 Å². The summed E-state index contributed by atoms with van der Waals surface area (Å²) in [6.45, 7) is 0. The van der Waals surface area contributed by atoms with Crippen molar-refractivity contribution in [1.82, 2.24) is 0 Å². The van der Waals surface area contributed by atoms with Crippen LogP contribution in [0.5, 0.6) is 11.5 Å². The van der Waals surface area contributed by atoms with E-state index < -0.39 is 0 Å². The van der Waals surface area contributed by atoms with Crippen molar-refractivity contribution in [3.05, 3.63) is 146 Å². The van der Waals surface area contributed by atoms with Crippen molar-refractivity contribution in [2.24, 2.45) is 0 Å². The highest BCUT2D eigenvalue weighted by Crippen LogP contribution is 2.48. The zero-order valence-electron chi connectivity index (χ0n) is 22.7. The normalized spacial score (nSPS) is 12.0. The standard InChI is InChI=1S/C40H24O2/c1-2-9-26(10-3-1)30-13-7-15-33-34-16-8-14-31(40(34)42-39(30)33)27-21-19-25(20-22-27)29-23-28-11-6-18-37-38(28)35(24-29)32-12-4-5-17-36(32)41-37/h1-24H. The molecule has 0 unspecified atom stereocenters. The highest BCUT2D eigenvalue weighted by atomic mass is 16.5. The Morgan fingerprint density at radius 2 is 0.952 bits per heavy atom. The molecule has 0 radical (unpaired) electrons. The van der Waals surface area contributed by atoms with Gasteiger partial charge in [-0.2, -0.15) is 0 Å². The second-order valence-corrected chi connectivity index (χ2v) is 10.9. The first-order valence-electron chi connectivity index (χ1n) is 14.3. The molecule has 9 rings (SSSR count). The summed E-state index contributed by atoms with van der Waals surface area (Å²) in [4.78, 5) is 0. The first-order chi connectivity index (χ1) is 20.8. The maximum Gasteiger partial charge on any atom is 0.143 e. The number of benzene rings is 7. The van der Waals surface area contributed by atoms with Gasteiger partial charge in [0.15, 0.2) is 0 Å². The molecule has 0 fully saturated rings. The zero-order valence-corrected chi connectivity index (χ0v) is 22.7. The fraction of sp³-hybridized carbons (Fsp3) is 0. The Hall–Kier alpha value is -5.60. The minimum absolute atomic E-state index is 0.902. The Bertz CT molecular complexity index is 2310. The number of para-hydroxylation sites is 3. The summed E-state index contributed by atoms with van der Waals surface area (Å²) in [5.74, 6) is 1.82. The lowest BCUT2D eigenvalue weighted by atomic mass is 9.90. The van der Waals surface area contributed by atoms with Gasteiger partial charge in [-0.3, -0.25) is 0 Å². The SMILES string of the molecule is c1ccc(-c2cccc3c2oc2c(-c4ccc(-c5cc6c7c(cccc7c5)Oc5ccccc5-6)cc4)cccc23)cc1. The van der Waals surface area contributed by atoms with Crippen molar-refractivity contribution in [1.29, 1.82) is 0 Å². The molecule has 0 saturated carbocycles. The van der Waals surface area contributed by atoms with Crippen LogP contribution in [0.15, 0.2) is 150 Å². The van der Waals surface area contributed by atoms with Gasteiger partial charge >= 0.3 is 0 Å². The fourth-order valence-corrected chi connectivity index (χ4v) is 6.49. The number of fused-ring (bicyclic) bond motifs is 5. The van der Waals surface area contributed by atoms with Crippen LogP contribution in [0.3, 0.4) is 0 Å². The third kappa shape index (κ3) is 3.45. The molecular weight excluding hydrogens is 512 g/mol. The smallest absolute Gasteiger partial charge is 0.143 e. The van der Waals surface area contributed by atoms with E-state index in [2.05, 4.69) is 127 Å². The van der Waals surface area contributed by atoms with Gasteiger partial charge in [-0.05, 0) is 57.5 Å². The van der Waals surface area contributed by atoms with Crippen LogP contribution in [0.4, 0.5) is 0 Å². The lowest BCUT2D eigenvalue weighted by molar-refractivity contribution is 0.487. The van der Waals surface area contributed by atoms with E-state index in [1.165, 1.54) is 27.5 Å². The molecule has 7 aromatic carbocycles. The van der Waals surface area contributed by atoms with Gasteiger partial charge < -0.3 is 9.15 Å². The third-order valence-electron chi connectivity index (χ3n) is 8.47. The van der Waals surface area contributed by atoms with Crippen LogP contribution in [0.1, 0.15) is 0 Å². The van der Waals surface area contributed by atoms with Crippen LogP contribution in [-0.4, -0.2) is 0 Å². The van der Waals surface area contributed by atoms with E-state index in [0.29, 0.717) is 0 Å². The molecule has 0 bridgehead atoms. The second-order valence-electron chi connectivity index (χ2n) is 10.9. The Morgan fingerprint density at radius 1 is 0.357 bits per heavy atom. The van der Waals surface area contributed by atoms with E-state index in [1.807, 2.05) is 18.2 Å². The van der Waals surface area contributed by atoms with Crippen molar-refractivity contribution in [3.8, 4) is 56.0 Å². The maximum absolute atomic E-state index is 6.66. The predicted molar refractivity (Wildman–Crippen MR) is 173 cm³/mol. The molecule has 196 valence electrons. The van der Waals surface area contributed by atoms with Gasteiger partial charge in [-0.25, -0.2) is 0 Å². The van der Waals surface area contributed by atoms with E-state index in [1.54, 1.807) is 0 Å². The largest absolute Gasteiger partial charge is 0.456 e. The number of furan rings is 1. The molecule has 2 nitrogen and oxygen atoms in total. The average molecular weight is 537 g/mol. The second kappa shape index (κ2) is 8.95. The summed E-state index contributed by atoms with van der Waals surface area (Å²) < 4.78 is 12.9. The Balaban J connectivity index is 1.17. The molecule has 42 heavy (non-hydrogen) atoms. The number of rotatable bonds is 3. The number of hydrogen-bond donors (Lipinski definition) is 0. The van der Waals surface area contributed by atoms with Gasteiger partial charge in [0.1, 0.15) is 22.7 Å². The first kappa shape index (κ1) is 23.1. The van der Waals surface area contributed by atoms with Gasteiger partial charge in [0.2, 0.25) is 0 Å². The summed E-state index contributed by atoms with van der Waals surface area (Å²) in [6.07, 6.45) is 0. The van der Waals surface area contributed by atoms with Crippen molar-refractivity contribution in [3.63, 3.8) is 0 Å². The minimum atomic E-state index is 0.902. The molecule has 0 spiro atoms. The van der Waals surface area contributed by atoms with Crippen LogP contribution in [0.25, 0.3) is 77.2 Å². The highest BCUT2D eigenvalue weighted by molar-refractivity contribution is 6.13. The Labute approximate surface area is 243 Å². The maximum atomic E-state index is 6.66. The van der Waals surface area contributed by atoms with Gasteiger partial charge in [0.05, 0.1) is 0 Å². The molecule has 1 aromatic heterocycles. The van der Waals surface area contributed by atoms with Gasteiger partial charge in [0.25, 0.3) is 0 Å². The number of ether oxygens (including phenoxy) is 1. The molecule has 0 amide bonds. The van der Waals surface area contributed by atoms with Crippen LogP contribution in [-0.2, 0) is 0 Å². The van der Waals surface area contributed by atoms with Crippen molar-refractivity contribution < 1.29 is 9.15 Å². The summed E-state index contributed by atoms with van der Waals surface area (Å²) in [7, 11) is 0. The first-order valence-corrected chi connectivity index (χ1v) is 14.3. The number of hydrogen-bond acceptors (Lipinski definition) is 2. The molecule has 1 aliphatic rings. The average Bonchev–Trinajstić information content (AvgIpc) is 3.45. The summed E-state index contributed by atoms with van der Waals surface area (Å²) >= 11 is 0.